The van der Waals surface area contributed by atoms with Gasteiger partial charge in [-0.05, 0) is 77.6 Å². The molecule has 0 atom stereocenters. The molecule has 0 saturated heterocycles. The van der Waals surface area contributed by atoms with Crippen molar-refractivity contribution in [2.45, 2.75) is 66.3 Å². The first-order chi connectivity index (χ1) is 23.1. The molecular formula is C41H44N2O4S. The van der Waals surface area contributed by atoms with E-state index in [1.54, 1.807) is 18.4 Å². The van der Waals surface area contributed by atoms with Crippen LogP contribution in [0.1, 0.15) is 63.4 Å². The molecule has 6 rings (SSSR count). The molecule has 0 saturated carbocycles. The summed E-state index contributed by atoms with van der Waals surface area (Å²) < 4.78 is 14.8. The maximum atomic E-state index is 11.8. The van der Waals surface area contributed by atoms with E-state index in [1.807, 2.05) is 29.7 Å². The number of fused-ring (bicyclic) bond motifs is 2. The van der Waals surface area contributed by atoms with Crippen LogP contribution in [-0.2, 0) is 11.3 Å². The molecule has 2 heterocycles. The number of aliphatic carboxylic acids is 1. The van der Waals surface area contributed by atoms with Crippen molar-refractivity contribution < 1.29 is 23.9 Å². The van der Waals surface area contributed by atoms with Crippen molar-refractivity contribution in [2.24, 2.45) is 5.41 Å². The number of thiazole rings is 1. The lowest BCUT2D eigenvalue weighted by atomic mass is 9.75. The number of benzene rings is 3. The van der Waals surface area contributed by atoms with Gasteiger partial charge in [0, 0.05) is 24.8 Å². The highest BCUT2D eigenvalue weighted by Crippen LogP contribution is 2.43. The number of anilines is 1. The Hall–Kier alpha value is -4.62. The van der Waals surface area contributed by atoms with Gasteiger partial charge < -0.3 is 24.3 Å². The Morgan fingerprint density at radius 1 is 1.08 bits per heavy atom. The molecule has 0 N–H and O–H groups in total. The SMILES string of the molecule is CCCCCN1/C(=C/C=C/C2=CC(=C/c3sc4cc(OC)c(C)cc4[n+]3CC(=O)[O-])/CC(C)(C)C2)Oc2ccc(-c3ccccc3)cc21. The van der Waals surface area contributed by atoms with Crippen molar-refractivity contribution in [2.75, 3.05) is 18.6 Å². The van der Waals surface area contributed by atoms with Crippen molar-refractivity contribution >= 4 is 39.3 Å². The summed E-state index contributed by atoms with van der Waals surface area (Å²) in [4.78, 5) is 14.1. The second-order valence-corrected chi connectivity index (χ2v) is 14.6. The minimum Gasteiger partial charge on any atom is -0.544 e. The highest BCUT2D eigenvalue weighted by Gasteiger charge is 2.28. The van der Waals surface area contributed by atoms with Crippen LogP contribution in [-0.4, -0.2) is 19.6 Å². The van der Waals surface area contributed by atoms with Crippen LogP contribution < -0.4 is 24.0 Å². The Bertz CT molecular complexity index is 1950. The predicted octanol–water partition coefficient (Wildman–Crippen LogP) is 8.54. The zero-order valence-electron chi connectivity index (χ0n) is 28.5. The minimum absolute atomic E-state index is 0.0448. The molecule has 0 unspecified atom stereocenters. The van der Waals surface area contributed by atoms with Gasteiger partial charge in [0.1, 0.15) is 16.4 Å². The smallest absolute Gasteiger partial charge is 0.263 e. The zero-order valence-corrected chi connectivity index (χ0v) is 29.4. The van der Waals surface area contributed by atoms with Crippen LogP contribution in [0.3, 0.4) is 0 Å². The summed E-state index contributed by atoms with van der Waals surface area (Å²) in [6.45, 7) is 9.46. The first-order valence-electron chi connectivity index (χ1n) is 16.8. The van der Waals surface area contributed by atoms with Gasteiger partial charge in [0.2, 0.25) is 11.4 Å². The number of carboxylic acids is 1. The van der Waals surface area contributed by atoms with Crippen LogP contribution in [0.25, 0.3) is 27.4 Å². The van der Waals surface area contributed by atoms with Crippen molar-refractivity contribution in [1.29, 1.82) is 0 Å². The highest BCUT2D eigenvalue weighted by atomic mass is 32.1. The number of carboxylic acid groups (broad SMARTS) is 1. The van der Waals surface area contributed by atoms with Crippen molar-refractivity contribution in [3.05, 3.63) is 113 Å². The lowest BCUT2D eigenvalue weighted by Crippen LogP contribution is -2.44. The van der Waals surface area contributed by atoms with Crippen LogP contribution in [0.15, 0.2) is 102 Å². The molecule has 248 valence electrons. The molecule has 0 fully saturated rings. The average Bonchev–Trinajstić information content (AvgIpc) is 3.56. The van der Waals surface area contributed by atoms with E-state index in [0.717, 1.165) is 76.1 Å². The van der Waals surface area contributed by atoms with Crippen LogP contribution >= 0.6 is 11.3 Å². The second-order valence-electron chi connectivity index (χ2n) is 13.5. The van der Waals surface area contributed by atoms with E-state index in [1.165, 1.54) is 28.7 Å². The molecule has 1 aromatic heterocycles. The number of carbonyl (C=O) groups excluding carboxylic acids is 1. The van der Waals surface area contributed by atoms with Crippen molar-refractivity contribution in [1.82, 2.24) is 0 Å². The van der Waals surface area contributed by atoms with Gasteiger partial charge in [0.25, 0.3) is 5.01 Å². The molecule has 0 bridgehead atoms. The van der Waals surface area contributed by atoms with E-state index in [9.17, 15) is 9.90 Å². The number of unbranched alkanes of at least 4 members (excludes halogenated alkanes) is 2. The molecule has 6 nitrogen and oxygen atoms in total. The molecule has 0 amide bonds. The Balaban J connectivity index is 1.30. The van der Waals surface area contributed by atoms with Crippen LogP contribution in [0.2, 0.25) is 0 Å². The summed E-state index contributed by atoms with van der Waals surface area (Å²) in [6, 6.07) is 20.9. The molecule has 1 aliphatic carbocycles. The molecule has 4 aromatic rings. The number of aryl methyl sites for hydroxylation is 1. The molecule has 3 aromatic carbocycles. The van der Waals surface area contributed by atoms with E-state index in [4.69, 9.17) is 9.47 Å². The van der Waals surface area contributed by atoms with Crippen LogP contribution in [0.4, 0.5) is 5.69 Å². The maximum absolute atomic E-state index is 11.8. The fourth-order valence-electron chi connectivity index (χ4n) is 6.76. The van der Waals surface area contributed by atoms with Gasteiger partial charge >= 0.3 is 0 Å². The fourth-order valence-corrected chi connectivity index (χ4v) is 7.91. The molecule has 48 heavy (non-hydrogen) atoms. The molecule has 2 aliphatic rings. The summed E-state index contributed by atoms with van der Waals surface area (Å²) in [6.07, 6.45) is 16.0. The molecule has 1 aliphatic heterocycles. The van der Waals surface area contributed by atoms with E-state index >= 15 is 0 Å². The molecular weight excluding hydrogens is 617 g/mol. The quantitative estimate of drug-likeness (QED) is 0.119. The number of rotatable bonds is 11. The summed E-state index contributed by atoms with van der Waals surface area (Å²) >= 11 is 1.57. The summed E-state index contributed by atoms with van der Waals surface area (Å²) in [7, 11) is 1.66. The minimum atomic E-state index is -1.11. The predicted molar refractivity (Wildman–Crippen MR) is 194 cm³/mol. The van der Waals surface area contributed by atoms with Gasteiger partial charge in [-0.3, -0.25) is 0 Å². The topological polar surface area (TPSA) is 65.7 Å². The maximum Gasteiger partial charge on any atom is 0.263 e. The lowest BCUT2D eigenvalue weighted by molar-refractivity contribution is -0.663. The van der Waals surface area contributed by atoms with Gasteiger partial charge in [-0.15, -0.1) is 0 Å². The highest BCUT2D eigenvalue weighted by molar-refractivity contribution is 7.18. The van der Waals surface area contributed by atoms with Gasteiger partial charge in [0.15, 0.2) is 12.3 Å². The van der Waals surface area contributed by atoms with Gasteiger partial charge in [-0.1, -0.05) is 99.6 Å². The van der Waals surface area contributed by atoms with E-state index in [-0.39, 0.29) is 12.0 Å². The normalized spacial score (nSPS) is 17.3. The Kier molecular flexibility index (Phi) is 9.88. The second kappa shape index (κ2) is 14.2. The molecule has 0 spiro atoms. The number of nitrogens with zero attached hydrogens (tertiary/aromatic N) is 2. The van der Waals surface area contributed by atoms with Crippen molar-refractivity contribution in [3.8, 4) is 22.6 Å². The van der Waals surface area contributed by atoms with Gasteiger partial charge in [-0.25, -0.2) is 0 Å². The van der Waals surface area contributed by atoms with E-state index in [0.29, 0.717) is 0 Å². The number of carbonyl (C=O) groups is 1. The molecule has 7 heteroatoms. The summed E-state index contributed by atoms with van der Waals surface area (Å²) in [5.74, 6) is 1.40. The van der Waals surface area contributed by atoms with E-state index in [2.05, 4.69) is 98.5 Å². The fraction of sp³-hybridized carbons (Fsp3) is 0.317. The summed E-state index contributed by atoms with van der Waals surface area (Å²) in [5, 5.41) is 12.7. The van der Waals surface area contributed by atoms with Crippen LogP contribution in [0, 0.1) is 12.3 Å². The third kappa shape index (κ3) is 7.42. The Labute approximate surface area is 287 Å². The largest absolute Gasteiger partial charge is 0.544 e. The molecule has 0 radical (unpaired) electrons. The Morgan fingerprint density at radius 3 is 2.65 bits per heavy atom. The first-order valence-corrected chi connectivity index (χ1v) is 17.6. The zero-order chi connectivity index (χ0) is 33.8. The third-order valence-corrected chi connectivity index (χ3v) is 10.0. The summed E-state index contributed by atoms with van der Waals surface area (Å²) in [5.41, 5.74) is 7.75. The first kappa shape index (κ1) is 33.3. The van der Waals surface area contributed by atoms with Crippen LogP contribution in [0.5, 0.6) is 11.5 Å². The van der Waals surface area contributed by atoms with Gasteiger partial charge in [0.05, 0.1) is 12.8 Å². The number of aromatic nitrogens is 1. The van der Waals surface area contributed by atoms with Gasteiger partial charge in [-0.2, -0.15) is 4.57 Å². The number of ether oxygens (including phenoxy) is 2. The number of hydrogen-bond acceptors (Lipinski definition) is 6. The standard InChI is InChI=1S/C41H44N2O4S/c1-6-7-11-19-42-33-23-32(31-14-9-8-10-15-31)17-18-35(33)47-38(42)16-12-13-29-21-30(26-41(3,4)25-29)22-39-43(27-40(44)45)34-20-28(2)36(46-5)24-37(34)48-39/h8-10,12-18,20-24H,6-7,11,19,25-27H2,1-5H3. The van der Waals surface area contributed by atoms with Crippen molar-refractivity contribution in [3.63, 3.8) is 0 Å². The van der Waals surface area contributed by atoms with E-state index < -0.39 is 5.97 Å². The lowest BCUT2D eigenvalue weighted by Gasteiger charge is -2.30. The monoisotopic (exact) mass is 660 g/mol. The number of hydrogen-bond donors (Lipinski definition) is 0. The number of methoxy groups -OCH3 is 1. The Morgan fingerprint density at radius 2 is 1.90 bits per heavy atom. The average molecular weight is 661 g/mol. The number of allylic oxidation sites excluding steroid dienone is 6. The third-order valence-electron chi connectivity index (χ3n) is 8.95.